The van der Waals surface area contributed by atoms with Crippen LogP contribution in [0.1, 0.15) is 185 Å². The minimum Gasteiger partial charge on any atom is -0.383 e. The fourth-order valence-corrected chi connectivity index (χ4v) is 20.4. The molecule has 6 aliphatic heterocycles. The number of carbonyl (C=O) groups excluding carboxylic acids is 1. The first-order chi connectivity index (χ1) is 54.3. The van der Waals surface area contributed by atoms with Gasteiger partial charge in [-0.15, -0.1) is 0 Å². The lowest BCUT2D eigenvalue weighted by molar-refractivity contribution is -0.217. The SMILES string of the molecule is CCCCCCCCCCCCCCCC(=O)NCCCCCCOP(=O)(O)OC[C@]12O[C@@H](n3cnc4c(N)ncnc43)C(O[C@H]1C)[C@H]2OP(O)(=S)OC[C@]12O[C@@H](n3cc(C)c(N)nc3=O)C(O[C@H]1C)[C@H]2OP(=O)(S)OC[C@H]1O[C@@H](n2cnc3c(N)ncnc32)C[C@H]1OP(O)(=S)OC[C@H]1O[C@@H](n2cc(C)c(N)nc2=O)C[C@H]1OC. The highest BCUT2D eigenvalue weighted by Crippen LogP contribution is 2.64. The summed E-state index contributed by atoms with van der Waals surface area (Å²) in [6.45, 7) is -7.43. The molecule has 6 aliphatic rings. The van der Waals surface area contributed by atoms with Gasteiger partial charge in [0.05, 0.1) is 70.1 Å². The van der Waals surface area contributed by atoms with Crippen LogP contribution in [0, 0.1) is 13.8 Å². The molecule has 40 nitrogen and oxygen atoms in total. The van der Waals surface area contributed by atoms with Crippen LogP contribution in [0.2, 0.25) is 0 Å². The lowest BCUT2D eigenvalue weighted by Gasteiger charge is -2.38. The van der Waals surface area contributed by atoms with Gasteiger partial charge in [0.25, 0.3) is 0 Å². The Morgan fingerprint density at radius 3 is 1.68 bits per heavy atom. The van der Waals surface area contributed by atoms with Crippen LogP contribution in [0.5, 0.6) is 0 Å². The van der Waals surface area contributed by atoms with E-state index in [-0.39, 0.29) is 77.6 Å². The molecule has 1 amide bonds. The molecule has 632 valence electrons. The van der Waals surface area contributed by atoms with E-state index in [0.29, 0.717) is 49.8 Å². The van der Waals surface area contributed by atoms with Gasteiger partial charge >= 0.3 is 39.4 Å². The Morgan fingerprint density at radius 1 is 0.588 bits per heavy atom. The van der Waals surface area contributed by atoms with Crippen LogP contribution >= 0.6 is 40.3 Å². The first kappa shape index (κ1) is 88.2. The number of aryl methyl sites for hydroxylation is 2. The minimum absolute atomic E-state index is 0.0248. The van der Waals surface area contributed by atoms with E-state index in [1.807, 2.05) is 0 Å². The highest BCUT2D eigenvalue weighted by Gasteiger charge is 2.71. The Labute approximate surface area is 672 Å². The number of aromatic nitrogens is 12. The highest BCUT2D eigenvalue weighted by molar-refractivity contribution is 8.44. The standard InChI is InChI=1S/C67H103N17O23P4S3/c1-7-8-9-10-11-12-13-14-15-16-17-18-21-24-47(85)72-25-22-19-20-23-26-94-108(88,89)97-33-66-41(4)100-53(63(104-66)84-38-78-51-59(71)74-36-76-61(51)84)55(66)107-111(92,114)98-34-67-42(5)99-52(62(103-67)82-30-40(3)57(69)80-65(82)87)54(67)106-110(91,113)96-32-46-44(28-49(102-46)83-37-77-50-58(70)73-35-75-60(50)83)105-109(90,112)95-31-45-43(93-6)27-48(101-45)81-29-39(2)56(68)79-64(81)86/h29-30,35-38,41-46,48-49,52-55,62-63H,7-28,31-34H2,1-6H3,(H,72,85)(H,88,89)(H,90,112)(H,91,113)(H,92,114)(H2,68,79,86)(H2,69,80,87)(H2,70,73,75)(H2,71,74,76)/t41-,42-,43+,44+,45+,46+,48+,49+,52?,53?,54+,55+,62+,63+,66-,67-,109?,110?,111?/m0/s1. The van der Waals surface area contributed by atoms with Crippen LogP contribution in [0.4, 0.5) is 23.3 Å². The molecule has 6 aromatic heterocycles. The van der Waals surface area contributed by atoms with Crippen molar-refractivity contribution in [2.45, 2.75) is 260 Å². The summed E-state index contributed by atoms with van der Waals surface area (Å²) >= 11 is 15.9. The first-order valence-electron chi connectivity index (χ1n) is 38.3. The second-order valence-corrected chi connectivity index (χ2v) is 39.3. The maximum atomic E-state index is 15.1. The molecule has 6 aromatic rings. The summed E-state index contributed by atoms with van der Waals surface area (Å²) in [5.74, 6) is 0.119. The number of carbonyl (C=O) groups is 1. The lowest BCUT2D eigenvalue weighted by Crippen LogP contribution is -2.51. The number of nitrogens with two attached hydrogens (primary N) is 4. The second kappa shape index (κ2) is 38.1. The molecule has 47 heteroatoms. The topological polar surface area (TPSA) is 523 Å². The molecule has 0 aliphatic carbocycles. The zero-order chi connectivity index (χ0) is 81.5. The van der Waals surface area contributed by atoms with Crippen LogP contribution in [0.15, 0.2) is 47.3 Å². The van der Waals surface area contributed by atoms with Gasteiger partial charge in [0.15, 0.2) is 35.4 Å². The van der Waals surface area contributed by atoms with E-state index < -0.39 is 156 Å². The van der Waals surface area contributed by atoms with Gasteiger partial charge in [-0.05, 0) is 70.6 Å². The molecule has 12 rings (SSSR count). The van der Waals surface area contributed by atoms with Gasteiger partial charge in [0.1, 0.15) is 95.6 Å². The van der Waals surface area contributed by atoms with E-state index in [2.05, 4.69) is 64.4 Å². The zero-order valence-corrected chi connectivity index (χ0v) is 70.3. The number of methoxy groups -OCH3 is 1. The van der Waals surface area contributed by atoms with E-state index in [4.69, 9.17) is 116 Å². The van der Waals surface area contributed by atoms with E-state index in [1.54, 1.807) is 27.7 Å². The van der Waals surface area contributed by atoms with Crippen molar-refractivity contribution in [3.05, 3.63) is 69.8 Å². The number of nitrogens with one attached hydrogen (secondary N) is 1. The van der Waals surface area contributed by atoms with E-state index in [0.717, 1.165) is 23.8 Å². The molecule has 0 aromatic carbocycles. The van der Waals surface area contributed by atoms with Gasteiger partial charge in [0, 0.05) is 56.4 Å². The monoisotopic (exact) mass is 1730 g/mol. The molecule has 4 bridgehead atoms. The summed E-state index contributed by atoms with van der Waals surface area (Å²) in [4.78, 5) is 108. The van der Waals surface area contributed by atoms with Crippen LogP contribution in [-0.2, 0) is 107 Å². The van der Waals surface area contributed by atoms with Gasteiger partial charge in [-0.1, -0.05) is 109 Å². The number of phosphoric acid groups is 1. The van der Waals surface area contributed by atoms with Crippen LogP contribution in [0.25, 0.3) is 22.3 Å². The molecular formula is C67H103N17O23P4S3. The number of hydrogen-bond acceptors (Lipinski definition) is 34. The molecule has 0 radical (unpaired) electrons. The number of phosphoric ester groups is 1. The Balaban J connectivity index is 0.704. The van der Waals surface area contributed by atoms with Crippen molar-refractivity contribution in [2.75, 3.05) is 69.6 Å². The van der Waals surface area contributed by atoms with Gasteiger partial charge < -0.3 is 89.7 Å². The third-order valence-corrected chi connectivity index (χ3v) is 27.2. The predicted molar refractivity (Wildman–Crippen MR) is 423 cm³/mol. The number of ether oxygens (including phenoxy) is 7. The number of nitrogen functional groups attached to an aromatic ring is 4. The van der Waals surface area contributed by atoms with Crippen LogP contribution < -0.4 is 39.6 Å². The number of fused-ring (bicyclic) bond motifs is 6. The Hall–Kier alpha value is -5.08. The van der Waals surface area contributed by atoms with Gasteiger partial charge in [-0.25, -0.2) is 48.6 Å². The molecule has 12 heterocycles. The smallest absolute Gasteiger partial charge is 0.383 e. The molecule has 0 saturated carbocycles. The van der Waals surface area contributed by atoms with Crippen molar-refractivity contribution >= 4 is 115 Å². The number of nitrogens with zero attached hydrogens (tertiary/aromatic N) is 12. The number of thiol groups is 1. The number of rotatable bonds is 45. The number of imidazole rings is 2. The van der Waals surface area contributed by atoms with Crippen molar-refractivity contribution in [1.29, 1.82) is 0 Å². The predicted octanol–water partition coefficient (Wildman–Crippen LogP) is 7.79. The van der Waals surface area contributed by atoms with Crippen molar-refractivity contribution in [3.8, 4) is 0 Å². The summed E-state index contributed by atoms with van der Waals surface area (Å²) in [6, 6.07) is 0. The molecular weight excluding hydrogens is 1630 g/mol. The minimum atomic E-state index is -4.89. The molecule has 6 saturated heterocycles. The molecule has 114 heavy (non-hydrogen) atoms. The summed E-state index contributed by atoms with van der Waals surface area (Å²) in [7, 11) is -3.45. The fraction of sp³-hybridized carbons (Fsp3) is 0.716. The van der Waals surface area contributed by atoms with E-state index >= 15 is 4.57 Å². The average molecular weight is 1730 g/mol. The summed E-state index contributed by atoms with van der Waals surface area (Å²) in [6.07, 6.45) is 10.8. The molecule has 20 atom stereocenters. The van der Waals surface area contributed by atoms with Gasteiger partial charge in [-0.2, -0.15) is 9.97 Å². The zero-order valence-electron chi connectivity index (χ0n) is 64.2. The maximum Gasteiger partial charge on any atom is 0.472 e. The highest BCUT2D eigenvalue weighted by atomic mass is 32.7. The summed E-state index contributed by atoms with van der Waals surface area (Å²) < 4.78 is 128. The van der Waals surface area contributed by atoms with Crippen molar-refractivity contribution in [1.82, 2.24) is 63.5 Å². The maximum absolute atomic E-state index is 15.1. The summed E-state index contributed by atoms with van der Waals surface area (Å²) in [5.41, 5.74) is 20.7. The van der Waals surface area contributed by atoms with Crippen LogP contribution in [-0.4, -0.2) is 198 Å². The van der Waals surface area contributed by atoms with Gasteiger partial charge in [0.2, 0.25) is 5.91 Å². The number of hydrogen-bond donors (Lipinski definition) is 9. The largest absolute Gasteiger partial charge is 0.472 e. The molecule has 0 spiro atoms. The Kier molecular flexibility index (Phi) is 29.5. The molecule has 6 fully saturated rings. The molecule has 6 unspecified atom stereocenters. The van der Waals surface area contributed by atoms with Crippen molar-refractivity contribution < 1.29 is 98.0 Å². The third-order valence-electron chi connectivity index (χ3n) is 21.5. The Morgan fingerprint density at radius 2 is 1.07 bits per heavy atom. The number of amides is 1. The molecule has 12 N–H and O–H groups in total. The summed E-state index contributed by atoms with van der Waals surface area (Å²) in [5, 5.41) is 3.00. The fourth-order valence-electron chi connectivity index (χ4n) is 15.2. The normalized spacial score (nSPS) is 29.4. The van der Waals surface area contributed by atoms with Gasteiger partial charge in [-0.3, -0.25) is 45.7 Å². The Bertz CT molecular complexity index is 4660. The quantitative estimate of drug-likeness (QED) is 0.01000. The second-order valence-electron chi connectivity index (χ2n) is 29.4. The lowest BCUT2D eigenvalue weighted by atomic mass is 9.94. The van der Waals surface area contributed by atoms with E-state index in [9.17, 15) is 33.6 Å². The average Bonchev–Trinajstić information content (AvgIpc) is 1.55. The first-order valence-corrected chi connectivity index (χ1v) is 47.6. The van der Waals surface area contributed by atoms with Crippen molar-refractivity contribution in [3.63, 3.8) is 0 Å². The number of unbranched alkanes of at least 4 members (excludes halogenated alkanes) is 15. The van der Waals surface area contributed by atoms with Crippen molar-refractivity contribution in [2.24, 2.45) is 0 Å². The third kappa shape index (κ3) is 20.7. The number of anilines is 4. The van der Waals surface area contributed by atoms with Crippen LogP contribution in [0.3, 0.4) is 0 Å². The van der Waals surface area contributed by atoms with E-state index in [1.165, 1.54) is 123 Å².